The Bertz CT molecular complexity index is 797. The van der Waals surface area contributed by atoms with E-state index in [-0.39, 0.29) is 5.82 Å². The minimum atomic E-state index is -0.406. The first kappa shape index (κ1) is 14.0. The highest BCUT2D eigenvalue weighted by molar-refractivity contribution is 7.16. The Morgan fingerprint density at radius 3 is 3.14 bits per heavy atom. The number of halogens is 1. The van der Waals surface area contributed by atoms with Crippen LogP contribution in [0.5, 0.6) is 0 Å². The number of hydrogen-bond donors (Lipinski definition) is 2. The summed E-state index contributed by atoms with van der Waals surface area (Å²) in [7, 11) is 0. The smallest absolute Gasteiger partial charge is 0.295 e. The van der Waals surface area contributed by atoms with E-state index in [2.05, 4.69) is 25.5 Å². The van der Waals surface area contributed by atoms with Gasteiger partial charge in [0.25, 0.3) is 5.91 Å². The summed E-state index contributed by atoms with van der Waals surface area (Å²) in [4.78, 5) is 20.6. The van der Waals surface area contributed by atoms with Crippen LogP contribution in [0.3, 0.4) is 0 Å². The van der Waals surface area contributed by atoms with Gasteiger partial charge >= 0.3 is 0 Å². The number of thiazole rings is 1. The summed E-state index contributed by atoms with van der Waals surface area (Å²) in [5.74, 6) is 0.387. The second-order valence-corrected chi connectivity index (χ2v) is 5.72. The van der Waals surface area contributed by atoms with Gasteiger partial charge in [0, 0.05) is 6.42 Å². The predicted molar refractivity (Wildman–Crippen MR) is 83.0 cm³/mol. The molecule has 0 saturated heterocycles. The molecule has 0 bridgehead atoms. The number of rotatable bonds is 4. The lowest BCUT2D eigenvalue weighted by Gasteiger charge is -2.05. The summed E-state index contributed by atoms with van der Waals surface area (Å²) in [6, 6.07) is 3.61. The number of nitrogens with one attached hydrogen (secondary N) is 2. The van der Waals surface area contributed by atoms with Crippen LogP contribution in [0.15, 0.2) is 17.6 Å². The average Bonchev–Trinajstić information content (AvgIpc) is 3.11. The molecule has 0 unspecified atom stereocenters. The second kappa shape index (κ2) is 5.79. The summed E-state index contributed by atoms with van der Waals surface area (Å²) in [5, 5.41) is 9.85. The lowest BCUT2D eigenvalue weighted by molar-refractivity contribution is 0.101. The number of anilines is 1. The molecule has 3 aromatic rings. The van der Waals surface area contributed by atoms with Crippen LogP contribution < -0.4 is 5.32 Å². The average molecular weight is 322 g/mol. The molecule has 2 aromatic heterocycles. The fourth-order valence-electron chi connectivity index (χ4n) is 1.94. The van der Waals surface area contributed by atoms with Crippen LogP contribution >= 0.6 is 22.9 Å². The van der Waals surface area contributed by atoms with Crippen LogP contribution in [0, 0.1) is 0 Å². The largest absolute Gasteiger partial charge is 0.316 e. The molecule has 3 rings (SSSR count). The number of benzene rings is 1. The monoisotopic (exact) mass is 321 g/mol. The number of amides is 1. The normalized spacial score (nSPS) is 11.0. The van der Waals surface area contributed by atoms with Crippen molar-refractivity contribution in [3.05, 3.63) is 34.3 Å². The van der Waals surface area contributed by atoms with Crippen molar-refractivity contribution in [1.29, 1.82) is 0 Å². The maximum Gasteiger partial charge on any atom is 0.295 e. The van der Waals surface area contributed by atoms with Crippen LogP contribution in [-0.4, -0.2) is 26.1 Å². The van der Waals surface area contributed by atoms with Gasteiger partial charge in [-0.2, -0.15) is 0 Å². The van der Waals surface area contributed by atoms with Crippen molar-refractivity contribution in [2.24, 2.45) is 0 Å². The molecule has 0 aliphatic rings. The summed E-state index contributed by atoms with van der Waals surface area (Å²) >= 11 is 7.63. The summed E-state index contributed by atoms with van der Waals surface area (Å²) in [5.41, 5.74) is 2.87. The van der Waals surface area contributed by atoms with Gasteiger partial charge in [-0.3, -0.25) is 9.89 Å². The summed E-state index contributed by atoms with van der Waals surface area (Å²) in [6.07, 6.45) is 1.68. The van der Waals surface area contributed by atoms with E-state index in [0.29, 0.717) is 22.1 Å². The van der Waals surface area contributed by atoms with Crippen molar-refractivity contribution in [1.82, 2.24) is 20.2 Å². The molecule has 1 amide bonds. The molecule has 0 atom stereocenters. The maximum absolute atomic E-state index is 12.2. The molecule has 108 valence electrons. The Kier molecular flexibility index (Phi) is 3.85. The van der Waals surface area contributed by atoms with E-state index in [0.717, 1.165) is 17.5 Å². The van der Waals surface area contributed by atoms with Crippen LogP contribution in [0.2, 0.25) is 5.02 Å². The van der Waals surface area contributed by atoms with Gasteiger partial charge in [-0.1, -0.05) is 18.5 Å². The van der Waals surface area contributed by atoms with Gasteiger partial charge in [0.2, 0.25) is 5.82 Å². The van der Waals surface area contributed by atoms with Gasteiger partial charge in [-0.05, 0) is 18.6 Å². The number of aromatic amines is 1. The SMILES string of the molecule is CCCc1nc(C(=O)Nc2c(Cl)ccc3scnc23)n[nH]1. The molecule has 2 N–H and O–H groups in total. The van der Waals surface area contributed by atoms with Crippen molar-refractivity contribution in [3.63, 3.8) is 0 Å². The van der Waals surface area contributed by atoms with Crippen LogP contribution in [0.1, 0.15) is 29.8 Å². The third-order valence-corrected chi connectivity index (χ3v) is 4.02. The summed E-state index contributed by atoms with van der Waals surface area (Å²) in [6.45, 7) is 2.03. The molecule has 0 aliphatic heterocycles. The number of nitrogens with zero attached hydrogens (tertiary/aromatic N) is 3. The number of hydrogen-bond acceptors (Lipinski definition) is 5. The minimum absolute atomic E-state index is 0.0988. The quantitative estimate of drug-likeness (QED) is 0.772. The molecule has 0 aliphatic carbocycles. The molecule has 0 fully saturated rings. The topological polar surface area (TPSA) is 83.6 Å². The van der Waals surface area contributed by atoms with Crippen LogP contribution in [0.4, 0.5) is 5.69 Å². The molecule has 0 radical (unpaired) electrons. The van der Waals surface area contributed by atoms with Crippen molar-refractivity contribution in [2.45, 2.75) is 19.8 Å². The standard InChI is InChI=1S/C13H12ClN5OS/c1-2-3-9-16-12(19-18-9)13(20)17-10-7(14)4-5-8-11(10)15-6-21-8/h4-6H,2-3H2,1H3,(H,17,20)(H,16,18,19). The number of carbonyl (C=O) groups excluding carboxylic acids is 1. The van der Waals surface area contributed by atoms with Gasteiger partial charge in [0.1, 0.15) is 11.3 Å². The van der Waals surface area contributed by atoms with E-state index in [4.69, 9.17) is 11.6 Å². The van der Waals surface area contributed by atoms with Crippen LogP contribution in [-0.2, 0) is 6.42 Å². The van der Waals surface area contributed by atoms with Gasteiger partial charge in [-0.15, -0.1) is 16.4 Å². The number of aromatic nitrogens is 4. The van der Waals surface area contributed by atoms with Crippen molar-refractivity contribution in [2.75, 3.05) is 5.32 Å². The maximum atomic E-state index is 12.2. The molecule has 21 heavy (non-hydrogen) atoms. The Labute approximate surface area is 129 Å². The molecule has 2 heterocycles. The number of H-pyrrole nitrogens is 1. The third-order valence-electron chi connectivity index (χ3n) is 2.91. The highest BCUT2D eigenvalue weighted by Crippen LogP contribution is 2.32. The molecular weight excluding hydrogens is 310 g/mol. The first-order valence-corrected chi connectivity index (χ1v) is 7.69. The molecule has 1 aromatic carbocycles. The zero-order valence-corrected chi connectivity index (χ0v) is 12.8. The zero-order chi connectivity index (χ0) is 14.8. The first-order chi connectivity index (χ1) is 10.2. The molecular formula is C13H12ClN5OS. The Balaban J connectivity index is 1.88. The van der Waals surface area contributed by atoms with Crippen LogP contribution in [0.25, 0.3) is 10.2 Å². The van der Waals surface area contributed by atoms with Crippen molar-refractivity contribution >= 4 is 44.7 Å². The molecule has 8 heteroatoms. The Morgan fingerprint density at radius 2 is 2.33 bits per heavy atom. The zero-order valence-electron chi connectivity index (χ0n) is 11.2. The molecule has 0 saturated carbocycles. The van der Waals surface area contributed by atoms with Gasteiger partial charge < -0.3 is 5.32 Å². The number of fused-ring (bicyclic) bond motifs is 1. The van der Waals surface area contributed by atoms with E-state index < -0.39 is 5.91 Å². The second-order valence-electron chi connectivity index (χ2n) is 4.43. The predicted octanol–water partition coefficient (Wildman–Crippen LogP) is 3.27. The minimum Gasteiger partial charge on any atom is -0.316 e. The fraction of sp³-hybridized carbons (Fsp3) is 0.231. The fourth-order valence-corrected chi connectivity index (χ4v) is 2.82. The summed E-state index contributed by atoms with van der Waals surface area (Å²) < 4.78 is 0.955. The number of carbonyl (C=O) groups is 1. The van der Waals surface area contributed by atoms with E-state index in [9.17, 15) is 4.79 Å². The lowest BCUT2D eigenvalue weighted by atomic mass is 10.3. The van der Waals surface area contributed by atoms with E-state index >= 15 is 0 Å². The third kappa shape index (κ3) is 2.74. The van der Waals surface area contributed by atoms with Gasteiger partial charge in [-0.25, -0.2) is 9.97 Å². The Morgan fingerprint density at radius 1 is 1.48 bits per heavy atom. The van der Waals surface area contributed by atoms with E-state index in [1.165, 1.54) is 11.3 Å². The highest BCUT2D eigenvalue weighted by Gasteiger charge is 2.16. The van der Waals surface area contributed by atoms with Gasteiger partial charge in [0.05, 0.1) is 20.9 Å². The first-order valence-electron chi connectivity index (χ1n) is 6.43. The molecule has 6 nitrogen and oxygen atoms in total. The highest BCUT2D eigenvalue weighted by atomic mass is 35.5. The van der Waals surface area contributed by atoms with E-state index in [1.54, 1.807) is 11.6 Å². The van der Waals surface area contributed by atoms with E-state index in [1.807, 2.05) is 13.0 Å². The Hall–Kier alpha value is -1.99. The molecule has 0 spiro atoms. The van der Waals surface area contributed by atoms with Crippen molar-refractivity contribution in [3.8, 4) is 0 Å². The number of aryl methyl sites for hydroxylation is 1. The van der Waals surface area contributed by atoms with Gasteiger partial charge in [0.15, 0.2) is 0 Å². The lowest BCUT2D eigenvalue weighted by Crippen LogP contribution is -2.14. The van der Waals surface area contributed by atoms with Crippen molar-refractivity contribution < 1.29 is 4.79 Å².